The van der Waals surface area contributed by atoms with E-state index in [-0.39, 0.29) is 22.6 Å². The number of sulfonamides is 2. The predicted molar refractivity (Wildman–Crippen MR) is 279 cm³/mol. The first-order valence-corrected chi connectivity index (χ1v) is 27.2. The Kier molecular flexibility index (Phi) is 16.7. The largest absolute Gasteiger partial charge is 0.488 e. The van der Waals surface area contributed by atoms with Gasteiger partial charge in [-0.2, -0.15) is 0 Å². The molecular weight excluding hydrogens is 1110 g/mol. The van der Waals surface area contributed by atoms with Crippen LogP contribution in [0.15, 0.2) is 102 Å². The van der Waals surface area contributed by atoms with Crippen LogP contribution in [0.3, 0.4) is 0 Å². The molecule has 0 spiro atoms. The van der Waals surface area contributed by atoms with Gasteiger partial charge >= 0.3 is 7.12 Å². The molecule has 10 rings (SSSR count). The van der Waals surface area contributed by atoms with Crippen molar-refractivity contribution in [3.05, 3.63) is 148 Å². The van der Waals surface area contributed by atoms with Gasteiger partial charge in [0.15, 0.2) is 34.6 Å². The average Bonchev–Trinajstić information content (AvgIpc) is 4.03. The summed E-state index contributed by atoms with van der Waals surface area (Å²) >= 11 is 3.23. The molecule has 0 atom stereocenters. The van der Waals surface area contributed by atoms with Crippen molar-refractivity contribution in [1.82, 2.24) is 19.9 Å². The van der Waals surface area contributed by atoms with E-state index in [1.165, 1.54) is 18.6 Å². The van der Waals surface area contributed by atoms with Gasteiger partial charge in [0.1, 0.15) is 49.4 Å². The molecule has 0 radical (unpaired) electrons. The molecule has 0 aliphatic carbocycles. The molecule has 18 nitrogen and oxygen atoms in total. The number of rotatable bonds is 14. The lowest BCUT2D eigenvalue weighted by atomic mass is 9.80. The molecule has 2 aliphatic heterocycles. The van der Waals surface area contributed by atoms with E-state index in [0.717, 1.165) is 29.8 Å². The number of ether oxygens (including phenoxy) is 4. The van der Waals surface area contributed by atoms with Crippen LogP contribution >= 0.6 is 15.9 Å². The Labute approximate surface area is 440 Å². The molecule has 6 heterocycles. The lowest BCUT2D eigenvalue weighted by Gasteiger charge is -2.18. The maximum atomic E-state index is 15.2. The van der Waals surface area contributed by atoms with E-state index in [1.807, 2.05) is 6.07 Å². The third kappa shape index (κ3) is 12.3. The Morgan fingerprint density at radius 1 is 0.618 bits per heavy atom. The number of hydrogen-bond acceptors (Lipinski definition) is 14. The Hall–Kier alpha value is -7.52. The second kappa shape index (κ2) is 23.2. The summed E-state index contributed by atoms with van der Waals surface area (Å²) in [6.45, 7) is 5.22. The third-order valence-corrected chi connectivity index (χ3v) is 14.8. The van der Waals surface area contributed by atoms with Crippen molar-refractivity contribution >= 4 is 93.6 Å². The van der Waals surface area contributed by atoms with Gasteiger partial charge in [0.05, 0.1) is 34.0 Å². The summed E-state index contributed by atoms with van der Waals surface area (Å²) in [4.78, 5) is 40.1. The van der Waals surface area contributed by atoms with Crippen LogP contribution in [0.25, 0.3) is 33.2 Å². The molecule has 6 N–H and O–H groups in total. The highest BCUT2D eigenvalue weighted by atomic mass is 79.9. The highest BCUT2D eigenvalue weighted by Crippen LogP contribution is 2.36. The molecule has 0 amide bonds. The number of H-pyrrole nitrogens is 2. The van der Waals surface area contributed by atoms with Crippen LogP contribution < -0.4 is 33.9 Å². The molecule has 0 saturated heterocycles. The highest BCUT2D eigenvalue weighted by molar-refractivity contribution is 9.10. The second-order valence-electron chi connectivity index (χ2n) is 16.8. The number of benzene rings is 4. The molecule has 4 aromatic carbocycles. The predicted octanol–water partition coefficient (Wildman–Crippen LogP) is 7.79. The van der Waals surface area contributed by atoms with Crippen LogP contribution in [0.2, 0.25) is 0 Å². The zero-order chi connectivity index (χ0) is 54.5. The fourth-order valence-corrected chi connectivity index (χ4v) is 10.5. The number of nitrogens with zero attached hydrogens (tertiary/aromatic N) is 2. The maximum absolute atomic E-state index is 15.2. The number of hydrogen-bond donors (Lipinski definition) is 6. The molecule has 0 unspecified atom stereocenters. The SMILES string of the molecule is CCCS(=O)(=O)Nc1ccc(F)c(C(=O)c2c[nH]c3ncc(-c4ccc5c(c4)OCCO5)cc23)c1F.CCCS(=O)(=O)Nc1ccc(F)c(C(=O)c2c[nH]c3ncc(Br)cc23)c1F.OB(O)c1ccc2c(c1)OCCO2. The summed E-state index contributed by atoms with van der Waals surface area (Å²) in [5, 5.41) is 18.5. The molecule has 8 aromatic rings. The van der Waals surface area contributed by atoms with Gasteiger partial charge < -0.3 is 39.0 Å². The monoisotopic (exact) mass is 1150 g/mol. The number of aromatic amines is 2. The van der Waals surface area contributed by atoms with Crippen LogP contribution in [0.1, 0.15) is 58.5 Å². The first-order chi connectivity index (χ1) is 36.3. The normalized spacial score (nSPS) is 12.8. The fraction of sp³-hybridized carbons (Fsp3) is 0.200. The molecule has 0 saturated carbocycles. The van der Waals surface area contributed by atoms with E-state index in [4.69, 9.17) is 29.0 Å². The van der Waals surface area contributed by atoms with Crippen LogP contribution in [-0.4, -0.2) is 103 Å². The summed E-state index contributed by atoms with van der Waals surface area (Å²) in [6, 6.07) is 17.1. The van der Waals surface area contributed by atoms with E-state index < -0.39 is 84.5 Å². The van der Waals surface area contributed by atoms with Gasteiger partial charge in [0.25, 0.3) is 0 Å². The van der Waals surface area contributed by atoms with Crippen molar-refractivity contribution in [3.63, 3.8) is 0 Å². The van der Waals surface area contributed by atoms with E-state index in [0.29, 0.717) is 99.8 Å². The van der Waals surface area contributed by atoms with Crippen molar-refractivity contribution in [2.75, 3.05) is 47.4 Å². The van der Waals surface area contributed by atoms with E-state index in [1.54, 1.807) is 62.5 Å². The van der Waals surface area contributed by atoms with Crippen LogP contribution in [0, 0.1) is 23.3 Å². The number of pyridine rings is 2. The number of aromatic nitrogens is 4. The summed E-state index contributed by atoms with van der Waals surface area (Å²) in [5.41, 5.74) is -0.145. The van der Waals surface area contributed by atoms with Gasteiger partial charge in [-0.05, 0) is 100 Å². The zero-order valence-corrected chi connectivity index (χ0v) is 43.3. The third-order valence-electron chi connectivity index (χ3n) is 11.4. The van der Waals surface area contributed by atoms with Crippen LogP contribution in [0.4, 0.5) is 28.9 Å². The quantitative estimate of drug-likeness (QED) is 0.0345. The minimum atomic E-state index is -3.85. The van der Waals surface area contributed by atoms with Crippen LogP contribution in [0.5, 0.6) is 23.0 Å². The topological polar surface area (TPSA) is 261 Å². The summed E-state index contributed by atoms with van der Waals surface area (Å²) in [7, 11) is -9.12. The minimum Gasteiger partial charge on any atom is -0.486 e. The van der Waals surface area contributed by atoms with Crippen molar-refractivity contribution in [3.8, 4) is 34.1 Å². The second-order valence-corrected chi connectivity index (χ2v) is 21.4. The number of ketones is 2. The van der Waals surface area contributed by atoms with Crippen molar-refractivity contribution in [1.29, 1.82) is 0 Å². The summed E-state index contributed by atoms with van der Waals surface area (Å²) < 4.78 is 133. The molecule has 0 fully saturated rings. The lowest BCUT2D eigenvalue weighted by molar-refractivity contribution is 0.102. The number of nitrogens with one attached hydrogen (secondary N) is 4. The Morgan fingerprint density at radius 2 is 1.08 bits per heavy atom. The molecule has 396 valence electrons. The smallest absolute Gasteiger partial charge is 0.486 e. The van der Waals surface area contributed by atoms with Gasteiger partial charge in [-0.25, -0.2) is 44.4 Å². The van der Waals surface area contributed by atoms with Crippen molar-refractivity contribution < 1.29 is 73.0 Å². The van der Waals surface area contributed by atoms with Crippen molar-refractivity contribution in [2.24, 2.45) is 0 Å². The Bertz CT molecular complexity index is 3750. The van der Waals surface area contributed by atoms with Gasteiger partial charge in [-0.15, -0.1) is 0 Å². The number of fused-ring (bicyclic) bond motifs is 4. The first kappa shape index (κ1) is 54.7. The number of carbonyl (C=O) groups is 2. The molecule has 76 heavy (non-hydrogen) atoms. The molecule has 4 aromatic heterocycles. The lowest BCUT2D eigenvalue weighted by Crippen LogP contribution is -2.30. The Morgan fingerprint density at radius 3 is 1.58 bits per heavy atom. The Balaban J connectivity index is 0.000000167. The molecule has 2 aliphatic rings. The number of anilines is 2. The summed E-state index contributed by atoms with van der Waals surface area (Å²) in [6.07, 6.45) is 6.36. The first-order valence-electron chi connectivity index (χ1n) is 23.1. The number of carbonyl (C=O) groups excluding carboxylic acids is 2. The average molecular weight is 1150 g/mol. The number of halogens is 5. The molecule has 26 heteroatoms. The van der Waals surface area contributed by atoms with Gasteiger partial charge in [0, 0.05) is 56.7 Å². The highest BCUT2D eigenvalue weighted by Gasteiger charge is 2.28. The van der Waals surface area contributed by atoms with E-state index >= 15 is 4.39 Å². The van der Waals surface area contributed by atoms with Gasteiger partial charge in [-0.1, -0.05) is 26.0 Å². The summed E-state index contributed by atoms with van der Waals surface area (Å²) in [5.74, 6) is -4.68. The zero-order valence-electron chi connectivity index (χ0n) is 40.0. The van der Waals surface area contributed by atoms with E-state index in [9.17, 15) is 39.6 Å². The standard InChI is InChI=1S/C25H21F2N3O5S.C17H14BrF2N3O3S.C8H9BO4/c1-2-9-36(32,33)30-19-5-4-18(26)22(23(19)27)24(31)17-13-29-25-16(17)10-15(12-28-25)14-3-6-20-21(11-14)35-8-7-34-20;1-2-5-27(25,26)23-13-4-3-12(19)14(15(13)20)16(24)11-8-22-17-10(11)6-9(18)7-21-17;10-9(11)6-1-2-7-8(5-6)13-4-3-12-7/h3-6,10-13,30H,2,7-9H2,1H3,(H,28,29);3-4,6-8,23H,2,5H2,1H3,(H,21,22);1-2,5,10-11H,3-4H2. The van der Waals surface area contributed by atoms with Gasteiger partial charge in [-0.3, -0.25) is 19.0 Å². The van der Waals surface area contributed by atoms with Crippen molar-refractivity contribution in [2.45, 2.75) is 26.7 Å². The fourth-order valence-electron chi connectivity index (χ4n) is 7.88. The maximum Gasteiger partial charge on any atom is 0.488 e. The van der Waals surface area contributed by atoms with Gasteiger partial charge in [0.2, 0.25) is 31.6 Å². The molecule has 0 bridgehead atoms. The van der Waals surface area contributed by atoms with E-state index in [2.05, 4.69) is 45.3 Å². The van der Waals surface area contributed by atoms with Crippen LogP contribution in [-0.2, 0) is 20.0 Å². The molecular formula is C50H44BBrF4N6O12S2. The minimum absolute atomic E-state index is 0.0109.